The Hall–Kier alpha value is -8.18. The zero-order valence-corrected chi connectivity index (χ0v) is 35.9. The molecule has 0 bridgehead atoms. The minimum absolute atomic E-state index is 0.475. The van der Waals surface area contributed by atoms with E-state index in [0.29, 0.717) is 0 Å². The van der Waals surface area contributed by atoms with E-state index in [9.17, 15) is 0 Å². The molecule has 4 aromatic heterocycles. The molecule has 3 nitrogen and oxygen atoms in total. The van der Waals surface area contributed by atoms with E-state index in [-0.39, 0.29) is 0 Å². The third kappa shape index (κ3) is 4.58. The Morgan fingerprint density at radius 1 is 0.323 bits per heavy atom. The van der Waals surface area contributed by atoms with Crippen LogP contribution in [-0.4, -0.2) is 8.80 Å². The molecule has 0 saturated carbocycles. The Morgan fingerprint density at radius 2 is 0.831 bits per heavy atom. The van der Waals surface area contributed by atoms with Crippen molar-refractivity contribution in [2.24, 2.45) is 0 Å². The molecule has 0 spiro atoms. The van der Waals surface area contributed by atoms with Gasteiger partial charge in [0.25, 0.3) is 0 Å². The summed E-state index contributed by atoms with van der Waals surface area (Å²) in [6.45, 7) is 0. The summed E-state index contributed by atoms with van der Waals surface area (Å²) in [5.41, 5.74) is 17.9. The van der Waals surface area contributed by atoms with E-state index in [0.717, 1.165) is 17.1 Å². The molecule has 1 aliphatic rings. The number of nitrogens with zero attached hydrogens (tertiary/aromatic N) is 3. The molecule has 0 aliphatic heterocycles. The first-order valence-corrected chi connectivity index (χ1v) is 23.2. The van der Waals surface area contributed by atoms with Gasteiger partial charge in [0, 0.05) is 58.8 Å². The van der Waals surface area contributed by atoms with Crippen LogP contribution in [0.25, 0.3) is 85.9 Å². The van der Waals surface area contributed by atoms with Crippen molar-refractivity contribution < 1.29 is 0 Å². The van der Waals surface area contributed by atoms with E-state index in [1.54, 1.807) is 0 Å². The minimum atomic E-state index is -0.475. The summed E-state index contributed by atoms with van der Waals surface area (Å²) in [6.07, 6.45) is 0. The van der Waals surface area contributed by atoms with E-state index < -0.39 is 5.41 Å². The lowest BCUT2D eigenvalue weighted by molar-refractivity contribution is 0.768. The van der Waals surface area contributed by atoms with Gasteiger partial charge in [0.05, 0.1) is 38.5 Å². The molecule has 0 N–H and O–H groups in total. The Balaban J connectivity index is 1.01. The van der Waals surface area contributed by atoms with Gasteiger partial charge in [0.15, 0.2) is 0 Å². The van der Waals surface area contributed by atoms with Gasteiger partial charge in [-0.3, -0.25) is 0 Å². The lowest BCUT2D eigenvalue weighted by Gasteiger charge is -2.34. The smallest absolute Gasteiger partial charge is 0.0789 e. The summed E-state index contributed by atoms with van der Waals surface area (Å²) in [6, 6.07) is 83.9. The maximum absolute atomic E-state index is 2.53. The molecule has 0 saturated heterocycles. The first kappa shape index (κ1) is 35.3. The fourth-order valence-electron chi connectivity index (χ4n) is 11.9. The molecule has 0 amide bonds. The molecular weight excluding hydrogens is 807 g/mol. The van der Waals surface area contributed by atoms with Gasteiger partial charge in [-0.2, -0.15) is 0 Å². The second-order valence-corrected chi connectivity index (χ2v) is 18.7. The van der Waals surface area contributed by atoms with Crippen LogP contribution < -0.4 is 4.90 Å². The van der Waals surface area contributed by atoms with Crippen molar-refractivity contribution in [2.45, 2.75) is 5.41 Å². The van der Waals surface area contributed by atoms with Crippen molar-refractivity contribution in [1.29, 1.82) is 0 Å². The number of hydrogen-bond acceptors (Lipinski definition) is 2. The molecular formula is C61H37N3S. The number of aromatic nitrogens is 2. The lowest BCUT2D eigenvalue weighted by Crippen LogP contribution is -2.28. The van der Waals surface area contributed by atoms with Gasteiger partial charge in [0.1, 0.15) is 0 Å². The lowest BCUT2D eigenvalue weighted by atomic mass is 9.68. The zero-order chi connectivity index (χ0) is 42.4. The molecule has 0 unspecified atom stereocenters. The van der Waals surface area contributed by atoms with E-state index in [1.165, 1.54) is 108 Å². The third-order valence-corrected chi connectivity index (χ3v) is 15.7. The van der Waals surface area contributed by atoms with Crippen LogP contribution in [0, 0.1) is 0 Å². The summed E-state index contributed by atoms with van der Waals surface area (Å²) in [5.74, 6) is 0. The molecule has 4 heteroatoms. The second-order valence-electron chi connectivity index (χ2n) is 17.6. The van der Waals surface area contributed by atoms with Gasteiger partial charge in [0.2, 0.25) is 0 Å². The van der Waals surface area contributed by atoms with Crippen LogP contribution in [0.2, 0.25) is 0 Å². The molecule has 0 fully saturated rings. The molecule has 4 heterocycles. The third-order valence-electron chi connectivity index (χ3n) is 14.5. The van der Waals surface area contributed by atoms with Crippen molar-refractivity contribution >= 4 is 103 Å². The fourth-order valence-corrected chi connectivity index (χ4v) is 13.0. The highest BCUT2D eigenvalue weighted by atomic mass is 32.1. The number of fused-ring (bicyclic) bond motifs is 15. The topological polar surface area (TPSA) is 12.1 Å². The predicted octanol–water partition coefficient (Wildman–Crippen LogP) is 16.4. The molecule has 10 aromatic carbocycles. The maximum atomic E-state index is 2.53. The monoisotopic (exact) mass is 843 g/mol. The number of thiophene rings is 1. The predicted molar refractivity (Wildman–Crippen MR) is 274 cm³/mol. The summed E-state index contributed by atoms with van der Waals surface area (Å²) in [4.78, 5) is 2.47. The van der Waals surface area contributed by atoms with Crippen LogP contribution in [0.4, 0.5) is 17.1 Å². The summed E-state index contributed by atoms with van der Waals surface area (Å²) in [5, 5.41) is 7.67. The first-order valence-electron chi connectivity index (χ1n) is 22.4. The normalized spacial score (nSPS) is 13.4. The van der Waals surface area contributed by atoms with Crippen LogP contribution >= 0.6 is 11.3 Å². The Bertz CT molecular complexity index is 4200. The van der Waals surface area contributed by atoms with Crippen LogP contribution in [-0.2, 0) is 5.41 Å². The molecule has 302 valence electrons. The number of benzene rings is 10. The number of hydrogen-bond donors (Lipinski definition) is 0. The van der Waals surface area contributed by atoms with E-state index in [2.05, 4.69) is 238 Å². The number of rotatable bonds is 5. The summed E-state index contributed by atoms with van der Waals surface area (Å²) in [7, 11) is 0. The average molecular weight is 844 g/mol. The SMILES string of the molecule is c1ccc(C2(c3ccc(N(c4ccc5sc6ccccc6c5c4)c4ccc5c(c4)n4c6ccccc6c6ccc7c8ccccc8n5c7c64)cc3)c3ccccc3-c3ccccc32)cc1. The number of para-hydroxylation sites is 2. The maximum Gasteiger partial charge on any atom is 0.0789 e. The van der Waals surface area contributed by atoms with Crippen molar-refractivity contribution in [3.63, 3.8) is 0 Å². The molecule has 0 radical (unpaired) electrons. The van der Waals surface area contributed by atoms with Crippen LogP contribution in [0.3, 0.4) is 0 Å². The highest BCUT2D eigenvalue weighted by Crippen LogP contribution is 2.56. The Kier molecular flexibility index (Phi) is 7.03. The number of anilines is 3. The zero-order valence-electron chi connectivity index (χ0n) is 35.1. The molecule has 15 rings (SSSR count). The molecule has 65 heavy (non-hydrogen) atoms. The largest absolute Gasteiger partial charge is 0.310 e. The Morgan fingerprint density at radius 3 is 1.52 bits per heavy atom. The van der Waals surface area contributed by atoms with E-state index in [1.807, 2.05) is 11.3 Å². The molecule has 1 aliphatic carbocycles. The molecule has 14 aromatic rings. The quantitative estimate of drug-likeness (QED) is 0.157. The van der Waals surface area contributed by atoms with Gasteiger partial charge < -0.3 is 13.7 Å². The fraction of sp³-hybridized carbons (Fsp3) is 0.0164. The van der Waals surface area contributed by atoms with Gasteiger partial charge in [-0.15, -0.1) is 11.3 Å². The highest BCUT2D eigenvalue weighted by molar-refractivity contribution is 7.25. The first-order chi connectivity index (χ1) is 32.3. The summed E-state index contributed by atoms with van der Waals surface area (Å²) >= 11 is 1.86. The van der Waals surface area contributed by atoms with Crippen molar-refractivity contribution in [3.8, 4) is 11.1 Å². The highest BCUT2D eigenvalue weighted by Gasteiger charge is 2.45. The van der Waals surface area contributed by atoms with Gasteiger partial charge >= 0.3 is 0 Å². The summed E-state index contributed by atoms with van der Waals surface area (Å²) < 4.78 is 7.63. The van der Waals surface area contributed by atoms with Crippen LogP contribution in [0.5, 0.6) is 0 Å². The van der Waals surface area contributed by atoms with Crippen molar-refractivity contribution in [2.75, 3.05) is 4.90 Å². The van der Waals surface area contributed by atoms with Gasteiger partial charge in [-0.1, -0.05) is 158 Å². The van der Waals surface area contributed by atoms with Crippen LogP contribution in [0.1, 0.15) is 22.3 Å². The van der Waals surface area contributed by atoms with Crippen molar-refractivity contribution in [1.82, 2.24) is 8.80 Å². The molecule has 0 atom stereocenters. The van der Waals surface area contributed by atoms with Crippen LogP contribution in [0.15, 0.2) is 224 Å². The Labute approximate surface area is 378 Å². The van der Waals surface area contributed by atoms with Crippen molar-refractivity contribution in [3.05, 3.63) is 247 Å². The standard InChI is InChI=1S/C61H37N3S/c1-2-14-38(15-3-1)61(51-21-9-4-16-43(51)44-17-5-10-22-52(44)61)39-26-28-40(29-27-39)62(41-31-35-58-50(36-41)47-20-8-13-25-57(47)65-58)42-30-34-55-56(37-42)64-54-24-12-7-19-46(54)49-33-32-48-45-18-6-11-23-53(45)63(55)59(48)60(49)64/h1-37H. The van der Waals surface area contributed by atoms with E-state index in [4.69, 9.17) is 0 Å². The average Bonchev–Trinajstić information content (AvgIpc) is 4.10. The second kappa shape index (κ2) is 12.9. The van der Waals surface area contributed by atoms with E-state index >= 15 is 0 Å². The van der Waals surface area contributed by atoms with Gasteiger partial charge in [-0.05, 0) is 100 Å². The van der Waals surface area contributed by atoms with Gasteiger partial charge in [-0.25, -0.2) is 0 Å². The minimum Gasteiger partial charge on any atom is -0.310 e.